The first-order chi connectivity index (χ1) is 15.4. The number of allylic oxidation sites excluding steroid dienone is 2. The van der Waals surface area contributed by atoms with Crippen molar-refractivity contribution in [3.05, 3.63) is 83.4 Å². The van der Waals surface area contributed by atoms with Crippen LogP contribution in [0.1, 0.15) is 39.9 Å². The van der Waals surface area contributed by atoms with Gasteiger partial charge < -0.3 is 20.3 Å². The number of thiocarbonyl (C=S) groups is 1. The molecule has 0 atom stereocenters. The lowest BCUT2D eigenvalue weighted by atomic mass is 9.98. The number of hydrogen-bond acceptors (Lipinski definition) is 4. The lowest BCUT2D eigenvalue weighted by molar-refractivity contribution is 0.0601. The lowest BCUT2D eigenvalue weighted by Gasteiger charge is -2.36. The van der Waals surface area contributed by atoms with Gasteiger partial charge in [0.15, 0.2) is 5.11 Å². The molecule has 1 heterocycles. The lowest BCUT2D eigenvalue weighted by Crippen LogP contribution is -2.45. The molecule has 1 aliphatic rings. The summed E-state index contributed by atoms with van der Waals surface area (Å²) in [6.45, 7) is 10.1. The number of aryl methyl sites for hydroxylation is 2. The minimum Gasteiger partial charge on any atom is -0.465 e. The molecule has 6 heteroatoms. The summed E-state index contributed by atoms with van der Waals surface area (Å²) >= 11 is 5.51. The Morgan fingerprint density at radius 1 is 1.19 bits per heavy atom. The van der Waals surface area contributed by atoms with E-state index < -0.39 is 0 Å². The minimum atomic E-state index is -0.368. The van der Waals surface area contributed by atoms with Gasteiger partial charge in [-0.05, 0) is 68.7 Å². The Morgan fingerprint density at radius 3 is 2.59 bits per heavy atom. The van der Waals surface area contributed by atoms with Crippen molar-refractivity contribution in [2.45, 2.75) is 32.7 Å². The Morgan fingerprint density at radius 2 is 1.94 bits per heavy atom. The molecule has 0 radical (unpaired) electrons. The van der Waals surface area contributed by atoms with Crippen molar-refractivity contribution in [2.24, 2.45) is 0 Å². The first-order valence-corrected chi connectivity index (χ1v) is 11.2. The molecule has 0 bridgehead atoms. The van der Waals surface area contributed by atoms with Crippen molar-refractivity contribution < 1.29 is 9.53 Å². The molecule has 1 saturated heterocycles. The number of anilines is 1. The van der Waals surface area contributed by atoms with Gasteiger partial charge in [0.05, 0.1) is 12.7 Å². The minimum absolute atomic E-state index is 0.291. The van der Waals surface area contributed by atoms with Gasteiger partial charge in [-0.3, -0.25) is 0 Å². The predicted octanol–water partition coefficient (Wildman–Crippen LogP) is 5.07. The number of rotatable bonds is 6. The van der Waals surface area contributed by atoms with Crippen LogP contribution in [0.3, 0.4) is 0 Å². The second kappa shape index (κ2) is 11.0. The van der Waals surface area contributed by atoms with E-state index in [0.717, 1.165) is 31.6 Å². The van der Waals surface area contributed by atoms with E-state index in [2.05, 4.69) is 60.2 Å². The van der Waals surface area contributed by atoms with Gasteiger partial charge in [0.25, 0.3) is 0 Å². The fourth-order valence-corrected chi connectivity index (χ4v) is 4.32. The van der Waals surface area contributed by atoms with Crippen LogP contribution in [0.4, 0.5) is 5.69 Å². The van der Waals surface area contributed by atoms with E-state index in [1.807, 2.05) is 12.1 Å². The second-order valence-electron chi connectivity index (χ2n) is 8.04. The smallest absolute Gasteiger partial charge is 0.337 e. The van der Waals surface area contributed by atoms with Gasteiger partial charge in [-0.25, -0.2) is 4.79 Å². The Balaban J connectivity index is 1.58. The van der Waals surface area contributed by atoms with Crippen LogP contribution in [0.5, 0.6) is 0 Å². The monoisotopic (exact) mass is 449 g/mol. The zero-order valence-electron chi connectivity index (χ0n) is 19.0. The molecule has 2 aromatic carbocycles. The number of piperidine rings is 1. The number of benzene rings is 2. The molecule has 0 unspecified atom stereocenters. The van der Waals surface area contributed by atoms with Crippen molar-refractivity contribution in [2.75, 3.05) is 25.5 Å². The van der Waals surface area contributed by atoms with Crippen LogP contribution in [0.2, 0.25) is 0 Å². The summed E-state index contributed by atoms with van der Waals surface area (Å²) in [7, 11) is 1.37. The molecule has 2 aromatic rings. The second-order valence-corrected chi connectivity index (χ2v) is 8.45. The highest BCUT2D eigenvalue weighted by Crippen LogP contribution is 2.27. The van der Waals surface area contributed by atoms with Crippen LogP contribution in [0.25, 0.3) is 5.70 Å². The van der Waals surface area contributed by atoms with E-state index in [9.17, 15) is 4.79 Å². The maximum atomic E-state index is 11.7. The van der Waals surface area contributed by atoms with Crippen LogP contribution >= 0.6 is 12.2 Å². The standard InChI is InChI=1S/C26H31N3O2S/c1-5-7-24(23-11-10-18(2)16-19(23)3)29-14-12-21(13-15-29)27-26(32)28-22-9-6-8-20(17-22)25(30)31-4/h5-11,16-17,21H,1,12-15H2,2-4H3,(H2,27,28,32)/b24-7+. The van der Waals surface area contributed by atoms with Crippen LogP contribution in [0.15, 0.2) is 61.2 Å². The molecular weight excluding hydrogens is 418 g/mol. The molecule has 0 amide bonds. The number of nitrogens with one attached hydrogen (secondary N) is 2. The third kappa shape index (κ3) is 5.98. The molecule has 32 heavy (non-hydrogen) atoms. The quantitative estimate of drug-likeness (QED) is 0.365. The third-order valence-corrected chi connectivity index (χ3v) is 5.87. The molecule has 0 aromatic heterocycles. The fourth-order valence-electron chi connectivity index (χ4n) is 4.04. The number of nitrogens with zero attached hydrogens (tertiary/aromatic N) is 1. The zero-order valence-corrected chi connectivity index (χ0v) is 19.8. The number of ether oxygens (including phenoxy) is 1. The normalized spacial score (nSPS) is 14.6. The summed E-state index contributed by atoms with van der Waals surface area (Å²) < 4.78 is 4.78. The van der Waals surface area contributed by atoms with Gasteiger partial charge in [-0.2, -0.15) is 0 Å². The van der Waals surface area contributed by atoms with Gasteiger partial charge in [0.1, 0.15) is 0 Å². The molecule has 2 N–H and O–H groups in total. The highest BCUT2D eigenvalue weighted by Gasteiger charge is 2.22. The average molecular weight is 450 g/mol. The van der Waals surface area contributed by atoms with Crippen molar-refractivity contribution in [3.8, 4) is 0 Å². The molecule has 168 valence electrons. The molecule has 0 spiro atoms. The van der Waals surface area contributed by atoms with Crippen LogP contribution < -0.4 is 10.6 Å². The number of likely N-dealkylation sites (tertiary alicyclic amines) is 1. The van der Waals surface area contributed by atoms with E-state index in [4.69, 9.17) is 17.0 Å². The van der Waals surface area contributed by atoms with E-state index in [1.54, 1.807) is 18.2 Å². The number of carbonyl (C=O) groups is 1. The largest absolute Gasteiger partial charge is 0.465 e. The number of hydrogen-bond donors (Lipinski definition) is 2. The SMILES string of the molecule is C=C/C=C(\c1ccc(C)cc1C)N1CCC(NC(=S)Nc2cccc(C(=O)OC)c2)CC1. The van der Waals surface area contributed by atoms with E-state index in [1.165, 1.54) is 29.5 Å². The van der Waals surface area contributed by atoms with Crippen LogP contribution in [-0.4, -0.2) is 42.2 Å². The molecule has 5 nitrogen and oxygen atoms in total. The topological polar surface area (TPSA) is 53.6 Å². The Kier molecular flexibility index (Phi) is 8.06. The van der Waals surface area contributed by atoms with Gasteiger partial charge in [0.2, 0.25) is 0 Å². The molecule has 1 aliphatic heterocycles. The van der Waals surface area contributed by atoms with Crippen LogP contribution in [0, 0.1) is 13.8 Å². The summed E-state index contributed by atoms with van der Waals surface area (Å²) in [5.41, 5.74) is 6.26. The van der Waals surface area contributed by atoms with Crippen molar-refractivity contribution >= 4 is 34.7 Å². The Labute approximate surface area is 196 Å². The van der Waals surface area contributed by atoms with Crippen molar-refractivity contribution in [1.29, 1.82) is 0 Å². The zero-order chi connectivity index (χ0) is 23.1. The van der Waals surface area contributed by atoms with E-state index in [0.29, 0.717) is 16.7 Å². The highest BCUT2D eigenvalue weighted by atomic mass is 32.1. The maximum Gasteiger partial charge on any atom is 0.337 e. The molecule has 3 rings (SSSR count). The van der Waals surface area contributed by atoms with Crippen LogP contribution in [-0.2, 0) is 4.74 Å². The van der Waals surface area contributed by atoms with Gasteiger partial charge in [-0.1, -0.05) is 42.5 Å². The highest BCUT2D eigenvalue weighted by molar-refractivity contribution is 7.80. The van der Waals surface area contributed by atoms with Gasteiger partial charge in [0, 0.05) is 36.1 Å². The fraction of sp³-hybridized carbons (Fsp3) is 0.308. The first kappa shape index (κ1) is 23.5. The Hall–Kier alpha value is -3.12. The summed E-state index contributed by atoms with van der Waals surface area (Å²) in [5, 5.41) is 7.15. The van der Waals surface area contributed by atoms with Crippen molar-refractivity contribution in [3.63, 3.8) is 0 Å². The van der Waals surface area contributed by atoms with Crippen molar-refractivity contribution in [1.82, 2.24) is 10.2 Å². The van der Waals surface area contributed by atoms with E-state index in [-0.39, 0.29) is 5.97 Å². The maximum absolute atomic E-state index is 11.7. The third-order valence-electron chi connectivity index (χ3n) is 5.65. The summed E-state index contributed by atoms with van der Waals surface area (Å²) in [6, 6.07) is 14.0. The average Bonchev–Trinajstić information content (AvgIpc) is 2.78. The summed E-state index contributed by atoms with van der Waals surface area (Å²) in [5.74, 6) is -0.368. The number of esters is 1. The van der Waals surface area contributed by atoms with Gasteiger partial charge in [-0.15, -0.1) is 0 Å². The van der Waals surface area contributed by atoms with Gasteiger partial charge >= 0.3 is 5.97 Å². The number of methoxy groups -OCH3 is 1. The number of carbonyl (C=O) groups excluding carboxylic acids is 1. The predicted molar refractivity (Wildman–Crippen MR) is 136 cm³/mol. The molecular formula is C26H31N3O2S. The van der Waals surface area contributed by atoms with E-state index >= 15 is 0 Å². The molecule has 0 aliphatic carbocycles. The Bertz CT molecular complexity index is 1020. The molecule has 1 fully saturated rings. The first-order valence-electron chi connectivity index (χ1n) is 10.8. The summed E-state index contributed by atoms with van der Waals surface area (Å²) in [6.07, 6.45) is 5.92. The molecule has 0 saturated carbocycles. The summed E-state index contributed by atoms with van der Waals surface area (Å²) in [4.78, 5) is 14.2.